The number of hydrogen-bond acceptors (Lipinski definition) is 4. The molecule has 0 bridgehead atoms. The fourth-order valence-electron chi connectivity index (χ4n) is 0.521. The van der Waals surface area contributed by atoms with Crippen LogP contribution in [0.1, 0.15) is 20.8 Å². The van der Waals surface area contributed by atoms with Crippen LogP contribution >= 0.6 is 23.3 Å². The van der Waals surface area contributed by atoms with Gasteiger partial charge in [-0.15, -0.1) is 4.37 Å². The first-order valence-corrected chi connectivity index (χ1v) is 4.27. The maximum absolute atomic E-state index is 5.66. The Morgan fingerprint density at radius 3 is 2.36 bits per heavy atom. The maximum atomic E-state index is 5.66. The first kappa shape index (κ1) is 8.74. The quantitative estimate of drug-likeness (QED) is 0.685. The van der Waals surface area contributed by atoms with Gasteiger partial charge in [-0.2, -0.15) is 4.37 Å². The van der Waals surface area contributed by atoms with Crippen molar-refractivity contribution in [3.8, 4) is 5.88 Å². The molecular formula is C6H9ClN2OS. The van der Waals surface area contributed by atoms with Crippen LogP contribution in [0.2, 0.25) is 5.15 Å². The molecule has 11 heavy (non-hydrogen) atoms. The Hall–Kier alpha value is -0.350. The average Bonchev–Trinajstić information content (AvgIpc) is 2.12. The lowest BCUT2D eigenvalue weighted by Gasteiger charge is -2.18. The zero-order valence-corrected chi connectivity index (χ0v) is 8.16. The summed E-state index contributed by atoms with van der Waals surface area (Å²) < 4.78 is 13.0. The molecule has 0 aliphatic rings. The molecule has 0 aliphatic heterocycles. The van der Waals surface area contributed by atoms with E-state index in [1.54, 1.807) is 0 Å². The fraction of sp³-hybridized carbons (Fsp3) is 0.667. The fourth-order valence-corrected chi connectivity index (χ4v) is 1.13. The Kier molecular flexibility index (Phi) is 2.34. The minimum absolute atomic E-state index is 0.264. The predicted molar refractivity (Wildman–Crippen MR) is 45.3 cm³/mol. The van der Waals surface area contributed by atoms with Crippen LogP contribution in [0, 0.1) is 0 Å². The summed E-state index contributed by atoms with van der Waals surface area (Å²) in [4.78, 5) is 0. The van der Waals surface area contributed by atoms with E-state index >= 15 is 0 Å². The highest BCUT2D eigenvalue weighted by molar-refractivity contribution is 6.99. The Morgan fingerprint density at radius 2 is 2.00 bits per heavy atom. The van der Waals surface area contributed by atoms with Crippen molar-refractivity contribution in [3.05, 3.63) is 5.15 Å². The summed E-state index contributed by atoms with van der Waals surface area (Å²) in [5.41, 5.74) is -0.264. The molecule has 0 saturated heterocycles. The van der Waals surface area contributed by atoms with Gasteiger partial charge in [0.05, 0.1) is 11.7 Å². The molecule has 0 aromatic carbocycles. The second-order valence-corrected chi connectivity index (χ2v) is 3.96. The van der Waals surface area contributed by atoms with Gasteiger partial charge in [0.2, 0.25) is 5.15 Å². The van der Waals surface area contributed by atoms with E-state index in [4.69, 9.17) is 16.3 Å². The second-order valence-electron chi connectivity index (χ2n) is 3.07. The van der Waals surface area contributed by atoms with Gasteiger partial charge in [0, 0.05) is 0 Å². The van der Waals surface area contributed by atoms with Crippen LogP contribution in [0.4, 0.5) is 0 Å². The third-order valence-corrected chi connectivity index (χ3v) is 1.68. The molecule has 0 fully saturated rings. The van der Waals surface area contributed by atoms with Gasteiger partial charge in [-0.25, -0.2) is 0 Å². The summed E-state index contributed by atoms with van der Waals surface area (Å²) in [5.74, 6) is 0.421. The Labute approximate surface area is 74.7 Å². The SMILES string of the molecule is CC(C)(C)Oc1nsnc1Cl. The lowest BCUT2D eigenvalue weighted by molar-refractivity contribution is 0.125. The number of ether oxygens (including phenoxy) is 1. The molecule has 5 heteroatoms. The zero-order chi connectivity index (χ0) is 8.48. The van der Waals surface area contributed by atoms with Gasteiger partial charge >= 0.3 is 0 Å². The van der Waals surface area contributed by atoms with Crippen LogP contribution in [0.25, 0.3) is 0 Å². The summed E-state index contributed by atoms with van der Waals surface area (Å²) in [6.07, 6.45) is 0. The van der Waals surface area contributed by atoms with E-state index in [0.29, 0.717) is 11.0 Å². The second kappa shape index (κ2) is 2.95. The molecule has 3 nitrogen and oxygen atoms in total. The summed E-state index contributed by atoms with van der Waals surface area (Å²) in [6.45, 7) is 5.80. The molecule has 1 aromatic heterocycles. The Balaban J connectivity index is 2.72. The zero-order valence-electron chi connectivity index (χ0n) is 6.59. The number of hydrogen-bond donors (Lipinski definition) is 0. The third kappa shape index (κ3) is 2.63. The standard InChI is InChI=1S/C6H9ClN2OS/c1-6(2,3)10-5-4(7)8-11-9-5/h1-3H3. The third-order valence-electron chi connectivity index (χ3n) is 0.824. The Morgan fingerprint density at radius 1 is 1.36 bits per heavy atom. The minimum atomic E-state index is -0.264. The molecule has 0 atom stereocenters. The van der Waals surface area contributed by atoms with E-state index in [2.05, 4.69) is 8.75 Å². The number of aromatic nitrogens is 2. The molecule has 1 aromatic rings. The summed E-state index contributed by atoms with van der Waals surface area (Å²) >= 11 is 6.71. The van der Waals surface area contributed by atoms with Gasteiger partial charge in [0.1, 0.15) is 5.60 Å². The van der Waals surface area contributed by atoms with Crippen molar-refractivity contribution < 1.29 is 4.74 Å². The molecule has 1 rings (SSSR count). The van der Waals surface area contributed by atoms with Gasteiger partial charge < -0.3 is 4.74 Å². The van der Waals surface area contributed by atoms with E-state index in [1.165, 1.54) is 0 Å². The van der Waals surface area contributed by atoms with Crippen molar-refractivity contribution >= 4 is 23.3 Å². The van der Waals surface area contributed by atoms with Crippen molar-refractivity contribution in [1.82, 2.24) is 8.75 Å². The van der Waals surface area contributed by atoms with E-state index in [0.717, 1.165) is 11.7 Å². The van der Waals surface area contributed by atoms with Gasteiger partial charge in [-0.05, 0) is 20.8 Å². The Bertz CT molecular complexity index is 243. The maximum Gasteiger partial charge on any atom is 0.265 e. The van der Waals surface area contributed by atoms with Gasteiger partial charge in [-0.1, -0.05) is 11.6 Å². The van der Waals surface area contributed by atoms with Crippen molar-refractivity contribution in [3.63, 3.8) is 0 Å². The van der Waals surface area contributed by atoms with Gasteiger partial charge in [0.25, 0.3) is 5.88 Å². The molecular weight excluding hydrogens is 184 g/mol. The smallest absolute Gasteiger partial charge is 0.265 e. The lowest BCUT2D eigenvalue weighted by atomic mass is 10.2. The lowest BCUT2D eigenvalue weighted by Crippen LogP contribution is -2.23. The molecule has 0 unspecified atom stereocenters. The van der Waals surface area contributed by atoms with Crippen molar-refractivity contribution in [2.75, 3.05) is 0 Å². The van der Waals surface area contributed by atoms with E-state index in [9.17, 15) is 0 Å². The topological polar surface area (TPSA) is 35.0 Å². The normalized spacial score (nSPS) is 11.6. The number of halogens is 1. The van der Waals surface area contributed by atoms with E-state index in [-0.39, 0.29) is 5.60 Å². The first-order chi connectivity index (χ1) is 4.99. The van der Waals surface area contributed by atoms with Crippen LogP contribution in [-0.2, 0) is 0 Å². The van der Waals surface area contributed by atoms with Crippen LogP contribution in [0.5, 0.6) is 5.88 Å². The van der Waals surface area contributed by atoms with Gasteiger partial charge in [-0.3, -0.25) is 0 Å². The highest BCUT2D eigenvalue weighted by atomic mass is 35.5. The first-order valence-electron chi connectivity index (χ1n) is 3.16. The van der Waals surface area contributed by atoms with E-state index < -0.39 is 0 Å². The molecule has 0 amide bonds. The largest absolute Gasteiger partial charge is 0.469 e. The minimum Gasteiger partial charge on any atom is -0.469 e. The predicted octanol–water partition coefficient (Wildman–Crippen LogP) is 2.37. The molecule has 0 aliphatic carbocycles. The van der Waals surface area contributed by atoms with Crippen LogP contribution in [0.3, 0.4) is 0 Å². The molecule has 62 valence electrons. The van der Waals surface area contributed by atoms with Crippen molar-refractivity contribution in [1.29, 1.82) is 0 Å². The molecule has 0 N–H and O–H groups in total. The van der Waals surface area contributed by atoms with Crippen LogP contribution < -0.4 is 4.74 Å². The van der Waals surface area contributed by atoms with Crippen LogP contribution in [0.15, 0.2) is 0 Å². The summed E-state index contributed by atoms with van der Waals surface area (Å²) in [7, 11) is 0. The monoisotopic (exact) mass is 192 g/mol. The van der Waals surface area contributed by atoms with Crippen molar-refractivity contribution in [2.45, 2.75) is 26.4 Å². The molecule has 0 spiro atoms. The number of nitrogens with zero attached hydrogens (tertiary/aromatic N) is 2. The molecule has 1 heterocycles. The highest BCUT2D eigenvalue weighted by Crippen LogP contribution is 2.24. The average molecular weight is 193 g/mol. The van der Waals surface area contributed by atoms with Crippen molar-refractivity contribution in [2.24, 2.45) is 0 Å². The van der Waals surface area contributed by atoms with E-state index in [1.807, 2.05) is 20.8 Å². The summed E-state index contributed by atoms with van der Waals surface area (Å²) in [6, 6.07) is 0. The summed E-state index contributed by atoms with van der Waals surface area (Å²) in [5, 5.41) is 0.338. The van der Waals surface area contributed by atoms with Crippen LogP contribution in [-0.4, -0.2) is 14.3 Å². The molecule has 0 radical (unpaired) electrons. The van der Waals surface area contributed by atoms with Gasteiger partial charge in [0.15, 0.2) is 0 Å². The molecule has 0 saturated carbocycles. The highest BCUT2D eigenvalue weighted by Gasteiger charge is 2.16. The number of rotatable bonds is 1.